The fourth-order valence-electron chi connectivity index (χ4n) is 3.72. The largest absolute Gasteiger partial charge is 0.497 e. The minimum atomic E-state index is -3.85. The number of nitrogens with zero attached hydrogens (tertiary/aromatic N) is 3. The fourth-order valence-corrected chi connectivity index (χ4v) is 5.25. The number of amides is 1. The highest BCUT2D eigenvalue weighted by Crippen LogP contribution is 2.27. The summed E-state index contributed by atoms with van der Waals surface area (Å²) in [5, 5.41) is 3.38. The van der Waals surface area contributed by atoms with Gasteiger partial charge in [0.2, 0.25) is 21.9 Å². The molecular weight excluding hydrogens is 512 g/mol. The van der Waals surface area contributed by atoms with E-state index in [1.54, 1.807) is 73.3 Å². The molecule has 0 fully saturated rings. The van der Waals surface area contributed by atoms with E-state index >= 15 is 0 Å². The molecule has 192 valence electrons. The summed E-state index contributed by atoms with van der Waals surface area (Å²) in [6.45, 7) is 3.34. The van der Waals surface area contributed by atoms with Crippen LogP contribution in [0.1, 0.15) is 12.5 Å². The van der Waals surface area contributed by atoms with Gasteiger partial charge in [-0.2, -0.15) is 4.31 Å². The van der Waals surface area contributed by atoms with Crippen LogP contribution < -0.4 is 10.1 Å². The van der Waals surface area contributed by atoms with E-state index in [2.05, 4.69) is 10.3 Å². The molecule has 37 heavy (non-hydrogen) atoms. The molecule has 0 aliphatic heterocycles. The lowest BCUT2D eigenvalue weighted by atomic mass is 10.2. The van der Waals surface area contributed by atoms with E-state index in [9.17, 15) is 13.2 Å². The molecule has 0 saturated carbocycles. The van der Waals surface area contributed by atoms with Crippen LogP contribution in [0.5, 0.6) is 5.75 Å². The number of rotatable bonds is 9. The number of nitrogens with one attached hydrogen (secondary N) is 1. The molecule has 0 saturated heterocycles. The van der Waals surface area contributed by atoms with Crippen LogP contribution in [0.2, 0.25) is 5.02 Å². The number of hydrogen-bond donors (Lipinski definition) is 1. The third kappa shape index (κ3) is 6.02. The van der Waals surface area contributed by atoms with Crippen molar-refractivity contribution in [1.82, 2.24) is 13.9 Å². The molecule has 0 aliphatic rings. The zero-order valence-electron chi connectivity index (χ0n) is 20.7. The van der Waals surface area contributed by atoms with Gasteiger partial charge >= 0.3 is 0 Å². The third-order valence-electron chi connectivity index (χ3n) is 5.78. The van der Waals surface area contributed by atoms with Crippen LogP contribution in [0.25, 0.3) is 16.9 Å². The number of carbonyl (C=O) groups excluding carboxylic acids is 1. The number of methoxy groups -OCH3 is 1. The highest BCUT2D eigenvalue weighted by Gasteiger charge is 2.26. The van der Waals surface area contributed by atoms with Gasteiger partial charge in [0.15, 0.2) is 0 Å². The first-order chi connectivity index (χ1) is 17.7. The third-order valence-corrected chi connectivity index (χ3v) is 7.97. The number of anilines is 1. The van der Waals surface area contributed by atoms with E-state index in [1.807, 2.05) is 31.2 Å². The zero-order chi connectivity index (χ0) is 26.6. The van der Waals surface area contributed by atoms with Crippen molar-refractivity contribution in [1.29, 1.82) is 0 Å². The summed E-state index contributed by atoms with van der Waals surface area (Å²) in [4.78, 5) is 17.8. The molecule has 0 atom stereocenters. The topological polar surface area (TPSA) is 93.5 Å². The lowest BCUT2D eigenvalue weighted by molar-refractivity contribution is -0.116. The van der Waals surface area contributed by atoms with Crippen molar-refractivity contribution in [3.8, 4) is 22.7 Å². The minimum Gasteiger partial charge on any atom is -0.497 e. The molecule has 1 N–H and O–H groups in total. The van der Waals surface area contributed by atoms with Crippen LogP contribution in [0.3, 0.4) is 0 Å². The Labute approximate surface area is 221 Å². The van der Waals surface area contributed by atoms with Gasteiger partial charge < -0.3 is 4.74 Å². The maximum Gasteiger partial charge on any atom is 0.243 e. The number of hydrogen-bond acceptors (Lipinski definition) is 5. The summed E-state index contributed by atoms with van der Waals surface area (Å²) in [5.74, 6) is 0.428. The Bertz CT molecular complexity index is 1480. The summed E-state index contributed by atoms with van der Waals surface area (Å²) in [7, 11) is -2.26. The lowest BCUT2D eigenvalue weighted by Gasteiger charge is -2.20. The van der Waals surface area contributed by atoms with Gasteiger partial charge in [0.05, 0.1) is 24.2 Å². The Morgan fingerprint density at radius 2 is 1.68 bits per heavy atom. The normalized spacial score (nSPS) is 11.5. The van der Waals surface area contributed by atoms with E-state index in [4.69, 9.17) is 16.3 Å². The first-order valence-corrected chi connectivity index (χ1v) is 13.4. The Morgan fingerprint density at radius 1 is 1.03 bits per heavy atom. The van der Waals surface area contributed by atoms with Crippen molar-refractivity contribution >= 4 is 33.5 Å². The maximum absolute atomic E-state index is 13.1. The average Bonchev–Trinajstić information content (AvgIpc) is 3.31. The smallest absolute Gasteiger partial charge is 0.243 e. The monoisotopic (exact) mass is 538 g/mol. The Morgan fingerprint density at radius 3 is 2.27 bits per heavy atom. The number of carbonyl (C=O) groups is 1. The van der Waals surface area contributed by atoms with E-state index in [1.165, 1.54) is 0 Å². The summed E-state index contributed by atoms with van der Waals surface area (Å²) < 4.78 is 34.4. The van der Waals surface area contributed by atoms with Crippen LogP contribution in [0, 0.1) is 6.92 Å². The molecule has 4 aromatic rings. The molecule has 1 heterocycles. The van der Waals surface area contributed by atoms with Gasteiger partial charge in [-0.3, -0.25) is 14.7 Å². The number of aromatic nitrogens is 2. The molecule has 0 bridgehead atoms. The van der Waals surface area contributed by atoms with E-state index in [-0.39, 0.29) is 23.9 Å². The van der Waals surface area contributed by atoms with Crippen LogP contribution >= 0.6 is 11.6 Å². The molecule has 10 heteroatoms. The Hall–Kier alpha value is -3.66. The summed E-state index contributed by atoms with van der Waals surface area (Å²) in [6, 6.07) is 21.0. The first-order valence-electron chi connectivity index (χ1n) is 11.6. The molecule has 0 radical (unpaired) electrons. The van der Waals surface area contributed by atoms with Crippen LogP contribution in [0.4, 0.5) is 5.95 Å². The second-order valence-electron chi connectivity index (χ2n) is 8.32. The van der Waals surface area contributed by atoms with Gasteiger partial charge in [0.25, 0.3) is 0 Å². The highest BCUT2D eigenvalue weighted by atomic mass is 35.5. The van der Waals surface area contributed by atoms with E-state index < -0.39 is 15.9 Å². The van der Waals surface area contributed by atoms with Crippen molar-refractivity contribution < 1.29 is 17.9 Å². The van der Waals surface area contributed by atoms with Crippen LogP contribution in [0.15, 0.2) is 83.9 Å². The van der Waals surface area contributed by atoms with Crippen LogP contribution in [-0.2, 0) is 14.8 Å². The number of benzene rings is 3. The summed E-state index contributed by atoms with van der Waals surface area (Å²) in [5.41, 5.74) is 3.11. The molecule has 0 aliphatic carbocycles. The number of imidazole rings is 1. The number of sulfonamides is 1. The van der Waals surface area contributed by atoms with Gasteiger partial charge in [-0.05, 0) is 55.5 Å². The number of likely N-dealkylation sites (N-methyl/N-ethyl adjacent to an activating group) is 1. The highest BCUT2D eigenvalue weighted by molar-refractivity contribution is 7.89. The van der Waals surface area contributed by atoms with Crippen molar-refractivity contribution in [2.75, 3.05) is 25.5 Å². The summed E-state index contributed by atoms with van der Waals surface area (Å²) >= 11 is 6.03. The van der Waals surface area contributed by atoms with Gasteiger partial charge in [0.1, 0.15) is 5.75 Å². The van der Waals surface area contributed by atoms with E-state index in [0.717, 1.165) is 21.1 Å². The molecule has 8 nitrogen and oxygen atoms in total. The molecule has 0 unspecified atom stereocenters. The first kappa shape index (κ1) is 26.4. The van der Waals surface area contributed by atoms with Gasteiger partial charge in [0, 0.05) is 29.0 Å². The van der Waals surface area contributed by atoms with Crippen molar-refractivity contribution in [3.05, 3.63) is 89.6 Å². The zero-order valence-corrected chi connectivity index (χ0v) is 22.3. The minimum absolute atomic E-state index is 0.132. The predicted molar refractivity (Wildman–Crippen MR) is 145 cm³/mol. The average molecular weight is 539 g/mol. The second-order valence-corrected chi connectivity index (χ2v) is 10.7. The SMILES string of the molecule is CCN(CC(=O)Nc1nc(-c2ccc(Cl)cc2)cn1-c1ccc(OC)cc1)S(=O)(=O)c1ccc(C)cc1. The standard InChI is InChI=1S/C27H27ClN4O4S/c1-4-31(37(34,35)24-15-5-19(2)6-16-24)18-26(33)30-27-29-25(20-7-9-21(28)10-8-20)17-32(27)22-11-13-23(36-3)14-12-22/h5-17H,4,18H2,1-3H3,(H,29,30,33). The molecule has 0 spiro atoms. The molecular formula is C27H27ClN4O4S. The quantitative estimate of drug-likeness (QED) is 0.318. The number of ether oxygens (including phenoxy) is 1. The molecule has 1 amide bonds. The van der Waals surface area contributed by atoms with Crippen molar-refractivity contribution in [2.24, 2.45) is 0 Å². The van der Waals surface area contributed by atoms with Crippen molar-refractivity contribution in [2.45, 2.75) is 18.7 Å². The Balaban J connectivity index is 1.63. The molecule has 3 aromatic carbocycles. The van der Waals surface area contributed by atoms with Gasteiger partial charge in [-0.15, -0.1) is 0 Å². The van der Waals surface area contributed by atoms with Gasteiger partial charge in [-0.1, -0.05) is 48.4 Å². The Kier molecular flexibility index (Phi) is 7.97. The number of halogens is 1. The van der Waals surface area contributed by atoms with Crippen molar-refractivity contribution in [3.63, 3.8) is 0 Å². The summed E-state index contributed by atoms with van der Waals surface area (Å²) in [6.07, 6.45) is 1.79. The van der Waals surface area contributed by atoms with Gasteiger partial charge in [-0.25, -0.2) is 13.4 Å². The maximum atomic E-state index is 13.1. The van der Waals surface area contributed by atoms with E-state index in [0.29, 0.717) is 16.5 Å². The lowest BCUT2D eigenvalue weighted by Crippen LogP contribution is -2.38. The molecule has 4 rings (SSSR count). The van der Waals surface area contributed by atoms with Crippen LogP contribution in [-0.4, -0.2) is 48.4 Å². The fraction of sp³-hybridized carbons (Fsp3) is 0.185. The molecule has 1 aromatic heterocycles. The second kappa shape index (κ2) is 11.2. The predicted octanol–water partition coefficient (Wildman–Crippen LogP) is 5.16. The number of aryl methyl sites for hydroxylation is 1.